The Kier molecular flexibility index (Phi) is 3.20. The first-order chi connectivity index (χ1) is 8.37. The molecule has 1 aliphatic rings. The third-order valence-electron chi connectivity index (χ3n) is 2.77. The van der Waals surface area contributed by atoms with Crippen molar-refractivity contribution in [3.63, 3.8) is 0 Å². The molecule has 2 heterocycles. The molecule has 1 aromatic heterocycles. The second kappa shape index (κ2) is 4.52. The lowest BCUT2D eigenvalue weighted by atomic mass is 10.2. The molecule has 0 radical (unpaired) electrons. The SMILES string of the molecule is Cc1cnc(NC2CCS(=O)(=O)C2)c([N+](=O)[O-])c1. The van der Waals surface area contributed by atoms with E-state index in [0.29, 0.717) is 12.0 Å². The standard InChI is InChI=1S/C10H13N3O4S/c1-7-4-9(13(14)15)10(11-5-7)12-8-2-3-18(16,17)6-8/h4-5,8H,2-3,6H2,1H3,(H,11,12). The van der Waals surface area contributed by atoms with Crippen LogP contribution in [0.1, 0.15) is 12.0 Å². The van der Waals surface area contributed by atoms with Crippen molar-refractivity contribution in [2.45, 2.75) is 19.4 Å². The Labute approximate surface area is 104 Å². The highest BCUT2D eigenvalue weighted by atomic mass is 32.2. The van der Waals surface area contributed by atoms with Crippen LogP contribution in [-0.4, -0.2) is 35.9 Å². The van der Waals surface area contributed by atoms with Crippen LogP contribution < -0.4 is 5.32 Å². The van der Waals surface area contributed by atoms with Gasteiger partial charge in [-0.25, -0.2) is 13.4 Å². The maximum atomic E-state index is 11.3. The highest BCUT2D eigenvalue weighted by Gasteiger charge is 2.29. The summed E-state index contributed by atoms with van der Waals surface area (Å²) in [6, 6.07) is 1.11. The minimum atomic E-state index is -3.02. The molecular weight excluding hydrogens is 258 g/mol. The summed E-state index contributed by atoms with van der Waals surface area (Å²) >= 11 is 0. The van der Waals surface area contributed by atoms with E-state index < -0.39 is 14.8 Å². The molecule has 0 saturated carbocycles. The molecule has 1 aliphatic heterocycles. The Morgan fingerprint density at radius 3 is 2.83 bits per heavy atom. The number of aryl methyl sites for hydroxylation is 1. The molecule has 0 amide bonds. The van der Waals surface area contributed by atoms with E-state index in [-0.39, 0.29) is 29.1 Å². The zero-order chi connectivity index (χ0) is 13.3. The summed E-state index contributed by atoms with van der Waals surface area (Å²) in [5, 5.41) is 13.7. The van der Waals surface area contributed by atoms with Crippen molar-refractivity contribution in [3.05, 3.63) is 27.9 Å². The highest BCUT2D eigenvalue weighted by molar-refractivity contribution is 7.91. The zero-order valence-electron chi connectivity index (χ0n) is 9.79. The van der Waals surface area contributed by atoms with E-state index in [1.165, 1.54) is 12.3 Å². The van der Waals surface area contributed by atoms with E-state index in [0.717, 1.165) is 0 Å². The quantitative estimate of drug-likeness (QED) is 0.647. The fourth-order valence-corrected chi connectivity index (χ4v) is 3.58. The molecule has 7 nitrogen and oxygen atoms in total. The lowest BCUT2D eigenvalue weighted by Crippen LogP contribution is -2.21. The van der Waals surface area contributed by atoms with Crippen LogP contribution in [-0.2, 0) is 9.84 Å². The van der Waals surface area contributed by atoms with E-state index in [4.69, 9.17) is 0 Å². The maximum Gasteiger partial charge on any atom is 0.311 e. The Bertz CT molecular complexity index is 585. The minimum Gasteiger partial charge on any atom is -0.361 e. The molecule has 1 atom stereocenters. The van der Waals surface area contributed by atoms with Gasteiger partial charge in [0.15, 0.2) is 9.84 Å². The molecule has 1 fully saturated rings. The minimum absolute atomic E-state index is 0.000287. The number of sulfone groups is 1. The molecule has 0 aliphatic carbocycles. The van der Waals surface area contributed by atoms with Gasteiger partial charge in [-0.3, -0.25) is 10.1 Å². The van der Waals surface area contributed by atoms with Gasteiger partial charge in [0, 0.05) is 18.3 Å². The summed E-state index contributed by atoms with van der Waals surface area (Å²) < 4.78 is 22.6. The van der Waals surface area contributed by atoms with Gasteiger partial charge in [-0.2, -0.15) is 0 Å². The van der Waals surface area contributed by atoms with Crippen LogP contribution in [0.3, 0.4) is 0 Å². The molecule has 1 unspecified atom stereocenters. The molecule has 2 rings (SSSR count). The number of anilines is 1. The first kappa shape index (κ1) is 12.7. The molecule has 1 N–H and O–H groups in total. The van der Waals surface area contributed by atoms with Crippen molar-refractivity contribution in [1.82, 2.24) is 4.98 Å². The molecule has 1 saturated heterocycles. The molecule has 0 spiro atoms. The molecule has 98 valence electrons. The Morgan fingerprint density at radius 1 is 1.56 bits per heavy atom. The summed E-state index contributed by atoms with van der Waals surface area (Å²) in [6.07, 6.45) is 1.97. The van der Waals surface area contributed by atoms with Crippen molar-refractivity contribution in [2.24, 2.45) is 0 Å². The van der Waals surface area contributed by atoms with Gasteiger partial charge in [-0.15, -0.1) is 0 Å². The summed E-state index contributed by atoms with van der Waals surface area (Å²) in [6.45, 7) is 1.71. The number of hydrogen-bond acceptors (Lipinski definition) is 6. The average Bonchev–Trinajstić information content (AvgIpc) is 2.60. The topological polar surface area (TPSA) is 102 Å². The number of rotatable bonds is 3. The van der Waals surface area contributed by atoms with Crippen molar-refractivity contribution in [1.29, 1.82) is 0 Å². The predicted molar refractivity (Wildman–Crippen MR) is 66.3 cm³/mol. The summed E-state index contributed by atoms with van der Waals surface area (Å²) in [7, 11) is -3.02. The fourth-order valence-electron chi connectivity index (χ4n) is 1.91. The van der Waals surface area contributed by atoms with Crippen molar-refractivity contribution >= 4 is 21.3 Å². The lowest BCUT2D eigenvalue weighted by Gasteiger charge is -2.11. The number of pyridine rings is 1. The van der Waals surface area contributed by atoms with Crippen LogP contribution in [0, 0.1) is 17.0 Å². The third kappa shape index (κ3) is 2.76. The van der Waals surface area contributed by atoms with Gasteiger partial charge in [0.2, 0.25) is 5.82 Å². The van der Waals surface area contributed by atoms with Crippen molar-refractivity contribution < 1.29 is 13.3 Å². The number of nitro groups is 1. The number of hydrogen-bond donors (Lipinski definition) is 1. The maximum absolute atomic E-state index is 11.3. The highest BCUT2D eigenvalue weighted by Crippen LogP contribution is 2.25. The van der Waals surface area contributed by atoms with E-state index in [1.54, 1.807) is 6.92 Å². The van der Waals surface area contributed by atoms with Crippen LogP contribution in [0.25, 0.3) is 0 Å². The summed E-state index contributed by atoms with van der Waals surface area (Å²) in [4.78, 5) is 14.3. The van der Waals surface area contributed by atoms with Crippen LogP contribution in [0.2, 0.25) is 0 Å². The van der Waals surface area contributed by atoms with E-state index in [9.17, 15) is 18.5 Å². The Hall–Kier alpha value is -1.70. The largest absolute Gasteiger partial charge is 0.361 e. The van der Waals surface area contributed by atoms with Gasteiger partial charge in [-0.05, 0) is 18.9 Å². The Balaban J connectivity index is 2.22. The van der Waals surface area contributed by atoms with Gasteiger partial charge in [0.1, 0.15) is 0 Å². The third-order valence-corrected chi connectivity index (χ3v) is 4.54. The molecule has 18 heavy (non-hydrogen) atoms. The van der Waals surface area contributed by atoms with Crippen molar-refractivity contribution in [3.8, 4) is 0 Å². The average molecular weight is 271 g/mol. The van der Waals surface area contributed by atoms with E-state index >= 15 is 0 Å². The monoisotopic (exact) mass is 271 g/mol. The summed E-state index contributed by atoms with van der Waals surface area (Å²) in [5.74, 6) is 0.247. The number of aromatic nitrogens is 1. The number of nitrogens with one attached hydrogen (secondary N) is 1. The predicted octanol–water partition coefficient (Wildman–Crippen LogP) is 0.897. The molecule has 0 bridgehead atoms. The number of nitrogens with zero attached hydrogens (tertiary/aromatic N) is 2. The van der Waals surface area contributed by atoms with Crippen LogP contribution in [0.15, 0.2) is 12.3 Å². The fraction of sp³-hybridized carbons (Fsp3) is 0.500. The second-order valence-electron chi connectivity index (χ2n) is 4.38. The lowest BCUT2D eigenvalue weighted by molar-refractivity contribution is -0.384. The smallest absolute Gasteiger partial charge is 0.311 e. The summed E-state index contributed by atoms with van der Waals surface area (Å²) in [5.41, 5.74) is 0.561. The van der Waals surface area contributed by atoms with E-state index in [2.05, 4.69) is 10.3 Å². The Morgan fingerprint density at radius 2 is 2.28 bits per heavy atom. The first-order valence-corrected chi connectivity index (χ1v) is 7.27. The normalized spacial score (nSPS) is 21.7. The van der Waals surface area contributed by atoms with Gasteiger partial charge in [0.05, 0.1) is 16.4 Å². The zero-order valence-corrected chi connectivity index (χ0v) is 10.6. The molecule has 8 heteroatoms. The van der Waals surface area contributed by atoms with Crippen molar-refractivity contribution in [2.75, 3.05) is 16.8 Å². The van der Waals surface area contributed by atoms with Gasteiger partial charge in [-0.1, -0.05) is 0 Å². The van der Waals surface area contributed by atoms with Gasteiger partial charge in [0.25, 0.3) is 0 Å². The van der Waals surface area contributed by atoms with Gasteiger partial charge >= 0.3 is 5.69 Å². The van der Waals surface area contributed by atoms with Gasteiger partial charge < -0.3 is 5.32 Å². The van der Waals surface area contributed by atoms with E-state index in [1.807, 2.05) is 0 Å². The molecule has 1 aromatic rings. The molecule has 0 aromatic carbocycles. The van der Waals surface area contributed by atoms with Crippen LogP contribution in [0.4, 0.5) is 11.5 Å². The second-order valence-corrected chi connectivity index (χ2v) is 6.61. The molecular formula is C10H13N3O4S. The van der Waals surface area contributed by atoms with Crippen LogP contribution in [0.5, 0.6) is 0 Å². The van der Waals surface area contributed by atoms with Crippen LogP contribution >= 0.6 is 0 Å². The first-order valence-electron chi connectivity index (χ1n) is 5.45.